The third kappa shape index (κ3) is 1.49. The standard InChI is InChI=1S/C9H14O6/c1-5(6(10)11)8(2)9(3,7(12)13)15-4-14-8/h5H,4H2,1-3H3,(H,10,11)(H,12,13)/t5-,8+,9-/m0/s1. The normalized spacial score (nSPS) is 37.5. The first kappa shape index (κ1) is 11.9. The Morgan fingerprint density at radius 1 is 1.27 bits per heavy atom. The zero-order valence-corrected chi connectivity index (χ0v) is 8.81. The Labute approximate surface area is 86.8 Å². The summed E-state index contributed by atoms with van der Waals surface area (Å²) in [7, 11) is 0. The largest absolute Gasteiger partial charge is 0.481 e. The van der Waals surface area contributed by atoms with Crippen molar-refractivity contribution in [2.45, 2.75) is 32.0 Å². The second kappa shape index (κ2) is 3.46. The van der Waals surface area contributed by atoms with Crippen molar-refractivity contribution in [3.8, 4) is 0 Å². The van der Waals surface area contributed by atoms with Crippen LogP contribution in [-0.2, 0) is 19.1 Å². The third-order valence-corrected chi connectivity index (χ3v) is 3.26. The lowest BCUT2D eigenvalue weighted by Crippen LogP contribution is -2.58. The molecule has 0 aromatic heterocycles. The summed E-state index contributed by atoms with van der Waals surface area (Å²) >= 11 is 0. The molecule has 86 valence electrons. The molecule has 1 aliphatic heterocycles. The van der Waals surface area contributed by atoms with Gasteiger partial charge in [0.15, 0.2) is 5.60 Å². The Bertz CT molecular complexity index is 301. The van der Waals surface area contributed by atoms with Gasteiger partial charge in [-0.1, -0.05) is 0 Å². The Morgan fingerprint density at radius 2 is 1.80 bits per heavy atom. The SMILES string of the molecule is C[C@@H](C(=O)O)[C@@]1(C)OCO[C@@]1(C)C(=O)O. The average Bonchev–Trinajstić information content (AvgIpc) is 2.44. The lowest BCUT2D eigenvalue weighted by atomic mass is 9.77. The molecular weight excluding hydrogens is 204 g/mol. The van der Waals surface area contributed by atoms with Crippen LogP contribution in [0.5, 0.6) is 0 Å². The molecule has 1 fully saturated rings. The van der Waals surface area contributed by atoms with Crippen molar-refractivity contribution in [3.63, 3.8) is 0 Å². The molecule has 0 saturated carbocycles. The number of hydrogen-bond acceptors (Lipinski definition) is 4. The first-order valence-electron chi connectivity index (χ1n) is 4.50. The minimum Gasteiger partial charge on any atom is -0.481 e. The van der Waals surface area contributed by atoms with Crippen LogP contribution < -0.4 is 0 Å². The third-order valence-electron chi connectivity index (χ3n) is 3.26. The fourth-order valence-corrected chi connectivity index (χ4v) is 1.60. The van der Waals surface area contributed by atoms with Gasteiger partial charge in [-0.15, -0.1) is 0 Å². The van der Waals surface area contributed by atoms with Gasteiger partial charge in [0.25, 0.3) is 0 Å². The molecule has 1 heterocycles. The van der Waals surface area contributed by atoms with Crippen LogP contribution in [-0.4, -0.2) is 40.1 Å². The van der Waals surface area contributed by atoms with E-state index in [4.69, 9.17) is 19.7 Å². The molecule has 0 spiro atoms. The van der Waals surface area contributed by atoms with Crippen molar-refractivity contribution in [1.82, 2.24) is 0 Å². The summed E-state index contributed by atoms with van der Waals surface area (Å²) in [4.78, 5) is 21.9. The van der Waals surface area contributed by atoms with E-state index in [-0.39, 0.29) is 6.79 Å². The summed E-state index contributed by atoms with van der Waals surface area (Å²) in [6.45, 7) is 3.95. The minimum absolute atomic E-state index is 0.211. The highest BCUT2D eigenvalue weighted by Gasteiger charge is 2.61. The van der Waals surface area contributed by atoms with Gasteiger partial charge >= 0.3 is 11.9 Å². The van der Waals surface area contributed by atoms with E-state index in [1.807, 2.05) is 0 Å². The predicted octanol–water partition coefficient (Wildman–Crippen LogP) is 0.313. The number of aliphatic carboxylic acids is 2. The van der Waals surface area contributed by atoms with Crippen LogP contribution in [0, 0.1) is 5.92 Å². The van der Waals surface area contributed by atoms with Gasteiger partial charge in [0.1, 0.15) is 12.4 Å². The number of carboxylic acid groups (broad SMARTS) is 2. The van der Waals surface area contributed by atoms with E-state index in [0.29, 0.717) is 0 Å². The maximum absolute atomic E-state index is 11.1. The van der Waals surface area contributed by atoms with E-state index in [2.05, 4.69) is 0 Å². The van der Waals surface area contributed by atoms with E-state index in [0.717, 1.165) is 0 Å². The number of rotatable bonds is 3. The van der Waals surface area contributed by atoms with E-state index < -0.39 is 29.1 Å². The van der Waals surface area contributed by atoms with Crippen LogP contribution in [0.1, 0.15) is 20.8 Å². The van der Waals surface area contributed by atoms with E-state index in [1.165, 1.54) is 20.8 Å². The smallest absolute Gasteiger partial charge is 0.338 e. The Morgan fingerprint density at radius 3 is 2.20 bits per heavy atom. The molecule has 0 bridgehead atoms. The number of carboxylic acids is 2. The number of carbonyl (C=O) groups is 2. The highest BCUT2D eigenvalue weighted by molar-refractivity contribution is 5.82. The highest BCUT2D eigenvalue weighted by Crippen LogP contribution is 2.41. The second-order valence-electron chi connectivity index (χ2n) is 3.91. The van der Waals surface area contributed by atoms with Crippen LogP contribution in [0.3, 0.4) is 0 Å². The van der Waals surface area contributed by atoms with Crippen molar-refractivity contribution in [2.75, 3.05) is 6.79 Å². The summed E-state index contributed by atoms with van der Waals surface area (Å²) in [6.07, 6.45) is 0. The van der Waals surface area contributed by atoms with Crippen LogP contribution >= 0.6 is 0 Å². The molecule has 6 nitrogen and oxygen atoms in total. The summed E-state index contributed by atoms with van der Waals surface area (Å²) in [5, 5.41) is 17.9. The molecule has 0 amide bonds. The maximum Gasteiger partial charge on any atom is 0.338 e. The Kier molecular flexibility index (Phi) is 2.75. The van der Waals surface area contributed by atoms with E-state index in [1.54, 1.807) is 0 Å². The van der Waals surface area contributed by atoms with Crippen LogP contribution in [0.2, 0.25) is 0 Å². The lowest BCUT2D eigenvalue weighted by molar-refractivity contribution is -0.171. The summed E-state index contributed by atoms with van der Waals surface area (Å²) < 4.78 is 10.2. The number of hydrogen-bond donors (Lipinski definition) is 2. The molecular formula is C9H14O6. The minimum atomic E-state index is -1.63. The monoisotopic (exact) mass is 218 g/mol. The second-order valence-corrected chi connectivity index (χ2v) is 3.91. The maximum atomic E-state index is 11.1. The van der Waals surface area contributed by atoms with Gasteiger partial charge < -0.3 is 19.7 Å². The summed E-state index contributed by atoms with van der Waals surface area (Å²) in [5.74, 6) is -3.31. The topological polar surface area (TPSA) is 93.1 Å². The Balaban J connectivity index is 3.11. The lowest BCUT2D eigenvalue weighted by Gasteiger charge is -2.36. The van der Waals surface area contributed by atoms with Crippen molar-refractivity contribution >= 4 is 11.9 Å². The Hall–Kier alpha value is -1.14. The number of ether oxygens (including phenoxy) is 2. The first-order chi connectivity index (χ1) is 6.75. The van der Waals surface area contributed by atoms with Crippen LogP contribution in [0.15, 0.2) is 0 Å². The van der Waals surface area contributed by atoms with Gasteiger partial charge in [0.2, 0.25) is 0 Å². The molecule has 0 unspecified atom stereocenters. The van der Waals surface area contributed by atoms with Crippen molar-refractivity contribution in [1.29, 1.82) is 0 Å². The van der Waals surface area contributed by atoms with Crippen LogP contribution in [0.4, 0.5) is 0 Å². The fraction of sp³-hybridized carbons (Fsp3) is 0.778. The molecule has 6 heteroatoms. The van der Waals surface area contributed by atoms with Gasteiger partial charge in [-0.2, -0.15) is 0 Å². The molecule has 3 atom stereocenters. The van der Waals surface area contributed by atoms with Gasteiger partial charge in [0.05, 0.1) is 5.92 Å². The zero-order valence-electron chi connectivity index (χ0n) is 8.81. The van der Waals surface area contributed by atoms with Gasteiger partial charge in [-0.3, -0.25) is 4.79 Å². The molecule has 0 aliphatic carbocycles. The molecule has 1 saturated heterocycles. The van der Waals surface area contributed by atoms with Crippen molar-refractivity contribution in [3.05, 3.63) is 0 Å². The molecule has 0 aromatic carbocycles. The van der Waals surface area contributed by atoms with Crippen molar-refractivity contribution in [2.24, 2.45) is 5.92 Å². The molecule has 0 radical (unpaired) electrons. The first-order valence-corrected chi connectivity index (χ1v) is 4.50. The summed E-state index contributed by atoms with van der Waals surface area (Å²) in [5.41, 5.74) is -3.00. The molecule has 2 N–H and O–H groups in total. The predicted molar refractivity (Wildman–Crippen MR) is 48.3 cm³/mol. The summed E-state index contributed by atoms with van der Waals surface area (Å²) in [6, 6.07) is 0. The van der Waals surface area contributed by atoms with E-state index >= 15 is 0 Å². The van der Waals surface area contributed by atoms with Crippen molar-refractivity contribution < 1.29 is 29.3 Å². The average molecular weight is 218 g/mol. The van der Waals surface area contributed by atoms with E-state index in [9.17, 15) is 9.59 Å². The molecule has 1 rings (SSSR count). The van der Waals surface area contributed by atoms with Gasteiger partial charge in [-0.25, -0.2) is 4.79 Å². The zero-order chi connectivity index (χ0) is 11.9. The molecule has 15 heavy (non-hydrogen) atoms. The van der Waals surface area contributed by atoms with Gasteiger partial charge in [-0.05, 0) is 20.8 Å². The quantitative estimate of drug-likeness (QED) is 0.708. The van der Waals surface area contributed by atoms with Crippen LogP contribution in [0.25, 0.3) is 0 Å². The fourth-order valence-electron chi connectivity index (χ4n) is 1.60. The highest BCUT2D eigenvalue weighted by atomic mass is 16.7. The molecule has 0 aromatic rings. The van der Waals surface area contributed by atoms with Gasteiger partial charge in [0, 0.05) is 0 Å². The molecule has 1 aliphatic rings.